The second-order valence-electron chi connectivity index (χ2n) is 4.60. The van der Waals surface area contributed by atoms with Gasteiger partial charge in [0.25, 0.3) is 0 Å². The van der Waals surface area contributed by atoms with Gasteiger partial charge in [-0.1, -0.05) is 30.3 Å². The SMILES string of the molecule is NCC(COc1ccc(O)cc1)Cc1ccccc1. The van der Waals surface area contributed by atoms with Crippen molar-refractivity contribution in [3.8, 4) is 11.5 Å². The van der Waals surface area contributed by atoms with Crippen LogP contribution in [0.25, 0.3) is 0 Å². The van der Waals surface area contributed by atoms with E-state index in [9.17, 15) is 5.11 Å². The predicted molar refractivity (Wildman–Crippen MR) is 76.3 cm³/mol. The summed E-state index contributed by atoms with van der Waals surface area (Å²) in [5, 5.41) is 9.20. The average molecular weight is 257 g/mol. The van der Waals surface area contributed by atoms with Gasteiger partial charge in [0.2, 0.25) is 0 Å². The second kappa shape index (κ2) is 6.81. The van der Waals surface area contributed by atoms with Crippen molar-refractivity contribution in [2.45, 2.75) is 6.42 Å². The van der Waals surface area contributed by atoms with Crippen LogP contribution in [0.3, 0.4) is 0 Å². The standard InChI is InChI=1S/C16H19NO2/c17-11-14(10-13-4-2-1-3-5-13)12-19-16-8-6-15(18)7-9-16/h1-9,14,18H,10-12,17H2. The molecule has 0 saturated carbocycles. The molecule has 0 radical (unpaired) electrons. The highest BCUT2D eigenvalue weighted by molar-refractivity contribution is 5.30. The van der Waals surface area contributed by atoms with Crippen molar-refractivity contribution >= 4 is 0 Å². The molecule has 3 heteroatoms. The van der Waals surface area contributed by atoms with E-state index in [1.54, 1.807) is 24.3 Å². The number of hydrogen-bond acceptors (Lipinski definition) is 3. The van der Waals surface area contributed by atoms with E-state index in [1.165, 1.54) is 5.56 Å². The fraction of sp³-hybridized carbons (Fsp3) is 0.250. The zero-order valence-electron chi connectivity index (χ0n) is 10.8. The Morgan fingerprint density at radius 2 is 1.68 bits per heavy atom. The number of aromatic hydroxyl groups is 1. The number of phenolic OH excluding ortho intramolecular Hbond substituents is 1. The second-order valence-corrected chi connectivity index (χ2v) is 4.60. The summed E-state index contributed by atoms with van der Waals surface area (Å²) in [6.45, 7) is 1.17. The molecule has 2 aromatic rings. The van der Waals surface area contributed by atoms with Gasteiger partial charge in [0, 0.05) is 5.92 Å². The van der Waals surface area contributed by atoms with Crippen LogP contribution in [-0.4, -0.2) is 18.3 Å². The normalized spacial score (nSPS) is 12.1. The van der Waals surface area contributed by atoms with Crippen LogP contribution in [0.1, 0.15) is 5.56 Å². The van der Waals surface area contributed by atoms with Crippen molar-refractivity contribution in [2.24, 2.45) is 11.7 Å². The monoisotopic (exact) mass is 257 g/mol. The number of nitrogens with two attached hydrogens (primary N) is 1. The molecule has 1 unspecified atom stereocenters. The van der Waals surface area contributed by atoms with Crippen LogP contribution in [-0.2, 0) is 6.42 Å². The summed E-state index contributed by atoms with van der Waals surface area (Å²) >= 11 is 0. The number of rotatable bonds is 6. The lowest BCUT2D eigenvalue weighted by molar-refractivity contribution is 0.251. The molecule has 2 rings (SSSR count). The van der Waals surface area contributed by atoms with Gasteiger partial charge in [-0.25, -0.2) is 0 Å². The minimum atomic E-state index is 0.243. The third-order valence-electron chi connectivity index (χ3n) is 3.02. The van der Waals surface area contributed by atoms with Crippen molar-refractivity contribution in [2.75, 3.05) is 13.2 Å². The molecular formula is C16H19NO2. The molecule has 3 N–H and O–H groups in total. The highest BCUT2D eigenvalue weighted by atomic mass is 16.5. The fourth-order valence-corrected chi connectivity index (χ4v) is 1.91. The Morgan fingerprint density at radius 3 is 2.32 bits per heavy atom. The maximum absolute atomic E-state index is 9.20. The van der Waals surface area contributed by atoms with Crippen LogP contribution in [0.5, 0.6) is 11.5 Å². The number of ether oxygens (including phenoxy) is 1. The van der Waals surface area contributed by atoms with Gasteiger partial charge in [-0.2, -0.15) is 0 Å². The zero-order valence-corrected chi connectivity index (χ0v) is 10.8. The lowest BCUT2D eigenvalue weighted by atomic mass is 10.0. The molecule has 0 saturated heterocycles. The summed E-state index contributed by atoms with van der Waals surface area (Å²) in [5.74, 6) is 1.28. The van der Waals surface area contributed by atoms with Gasteiger partial charge < -0.3 is 15.6 Å². The van der Waals surface area contributed by atoms with Crippen molar-refractivity contribution in [1.82, 2.24) is 0 Å². The van der Waals surface area contributed by atoms with E-state index in [0.717, 1.165) is 12.2 Å². The minimum Gasteiger partial charge on any atom is -0.508 e. The topological polar surface area (TPSA) is 55.5 Å². The molecule has 0 aliphatic heterocycles. The zero-order chi connectivity index (χ0) is 13.5. The molecule has 3 nitrogen and oxygen atoms in total. The molecule has 0 aliphatic carbocycles. The number of phenols is 1. The van der Waals surface area contributed by atoms with Crippen LogP contribution in [0.15, 0.2) is 54.6 Å². The molecule has 0 fully saturated rings. The molecule has 2 aromatic carbocycles. The molecule has 0 aromatic heterocycles. The summed E-state index contributed by atoms with van der Waals surface area (Å²) in [7, 11) is 0. The van der Waals surface area contributed by atoms with Crippen molar-refractivity contribution in [3.05, 3.63) is 60.2 Å². The van der Waals surface area contributed by atoms with Crippen LogP contribution in [0, 0.1) is 5.92 Å². The molecule has 1 atom stereocenters. The first-order valence-electron chi connectivity index (χ1n) is 6.44. The first-order chi connectivity index (χ1) is 9.28. The highest BCUT2D eigenvalue weighted by Crippen LogP contribution is 2.17. The van der Waals surface area contributed by atoms with E-state index in [2.05, 4.69) is 12.1 Å². The molecule has 19 heavy (non-hydrogen) atoms. The highest BCUT2D eigenvalue weighted by Gasteiger charge is 2.09. The van der Waals surface area contributed by atoms with Gasteiger partial charge in [-0.15, -0.1) is 0 Å². The van der Waals surface area contributed by atoms with E-state index in [-0.39, 0.29) is 11.7 Å². The summed E-state index contributed by atoms with van der Waals surface area (Å²) in [4.78, 5) is 0. The first-order valence-corrected chi connectivity index (χ1v) is 6.44. The summed E-state index contributed by atoms with van der Waals surface area (Å²) in [5.41, 5.74) is 7.06. The fourth-order valence-electron chi connectivity index (χ4n) is 1.91. The molecule has 0 heterocycles. The maximum Gasteiger partial charge on any atom is 0.119 e. The van der Waals surface area contributed by atoms with Crippen LogP contribution < -0.4 is 10.5 Å². The van der Waals surface area contributed by atoms with Crippen molar-refractivity contribution in [3.63, 3.8) is 0 Å². The maximum atomic E-state index is 9.20. The van der Waals surface area contributed by atoms with Crippen molar-refractivity contribution < 1.29 is 9.84 Å². The van der Waals surface area contributed by atoms with E-state index < -0.39 is 0 Å². The summed E-state index contributed by atoms with van der Waals surface area (Å²) < 4.78 is 5.70. The smallest absolute Gasteiger partial charge is 0.119 e. The third kappa shape index (κ3) is 4.30. The van der Waals surface area contributed by atoms with Crippen LogP contribution in [0.4, 0.5) is 0 Å². The third-order valence-corrected chi connectivity index (χ3v) is 3.02. The van der Waals surface area contributed by atoms with Gasteiger partial charge in [-0.3, -0.25) is 0 Å². The molecular weight excluding hydrogens is 238 g/mol. The molecule has 0 spiro atoms. The Morgan fingerprint density at radius 1 is 1.00 bits per heavy atom. The number of hydrogen-bond donors (Lipinski definition) is 2. The van der Waals surface area contributed by atoms with Gasteiger partial charge in [-0.05, 0) is 42.8 Å². The molecule has 0 amide bonds. The van der Waals surface area contributed by atoms with E-state index in [1.807, 2.05) is 18.2 Å². The lowest BCUT2D eigenvalue weighted by Crippen LogP contribution is -2.23. The summed E-state index contributed by atoms with van der Waals surface area (Å²) in [6, 6.07) is 17.0. The largest absolute Gasteiger partial charge is 0.508 e. The quantitative estimate of drug-likeness (QED) is 0.836. The van der Waals surface area contributed by atoms with Gasteiger partial charge in [0.05, 0.1) is 6.61 Å². The van der Waals surface area contributed by atoms with Gasteiger partial charge in [0.1, 0.15) is 11.5 Å². The molecule has 0 aliphatic rings. The average Bonchev–Trinajstić information content (AvgIpc) is 2.46. The van der Waals surface area contributed by atoms with Crippen LogP contribution in [0.2, 0.25) is 0 Å². The van der Waals surface area contributed by atoms with E-state index in [0.29, 0.717) is 13.2 Å². The Labute approximate surface area is 113 Å². The lowest BCUT2D eigenvalue weighted by Gasteiger charge is -2.16. The van der Waals surface area contributed by atoms with E-state index >= 15 is 0 Å². The summed E-state index contributed by atoms with van der Waals surface area (Å²) in [6.07, 6.45) is 0.912. The Balaban J connectivity index is 1.87. The van der Waals surface area contributed by atoms with E-state index in [4.69, 9.17) is 10.5 Å². The minimum absolute atomic E-state index is 0.243. The van der Waals surface area contributed by atoms with Crippen molar-refractivity contribution in [1.29, 1.82) is 0 Å². The van der Waals surface area contributed by atoms with Gasteiger partial charge >= 0.3 is 0 Å². The molecule has 100 valence electrons. The van der Waals surface area contributed by atoms with Gasteiger partial charge in [0.15, 0.2) is 0 Å². The molecule has 0 bridgehead atoms. The Hall–Kier alpha value is -2.00. The first kappa shape index (κ1) is 13.4. The predicted octanol–water partition coefficient (Wildman–Crippen LogP) is 2.59. The number of benzene rings is 2. The Kier molecular flexibility index (Phi) is 4.81. The Bertz CT molecular complexity index is 482. The van der Waals surface area contributed by atoms with Crippen LogP contribution >= 0.6 is 0 Å².